The van der Waals surface area contributed by atoms with Crippen LogP contribution in [0.25, 0.3) is 0 Å². The summed E-state index contributed by atoms with van der Waals surface area (Å²) in [5, 5.41) is 31.0. The number of hydrogen-bond donors (Lipinski definition) is 3. The quantitative estimate of drug-likeness (QED) is 0.196. The Morgan fingerprint density at radius 3 is 2.21 bits per heavy atom. The van der Waals surface area contributed by atoms with E-state index in [2.05, 4.69) is 33.9 Å². The molecular formula is C62H90O18. The van der Waals surface area contributed by atoms with Gasteiger partial charge in [0.25, 0.3) is 0 Å². The second kappa shape index (κ2) is 21.8. The van der Waals surface area contributed by atoms with Gasteiger partial charge < -0.3 is 76.9 Å². The van der Waals surface area contributed by atoms with Crippen LogP contribution in [0.2, 0.25) is 0 Å². The third-order valence-electron chi connectivity index (χ3n) is 22.3. The standard InChI is InChI=1S/C62H90O18/c1-28-15-36-9-10-43-29(2)16-38(68-43)11-13-61-26-51-58(79-61)40-19-34-7-8-37(71-57(34)60(80-61)59(40)75-51)21-52(67)76-56-33(6)55-48(72-47(56)23-44(69-36)32(28)5)24-46-49(74-55)25-62(77-46)27-50-54(78-62)31(4)18-39(70-50)17-30(3)53-42(66)22-41(65)45(73-53)20-35(64)12-14-63/h28,30-31,33-34,36-51,53-60,63,65-66H,2,5,7-27H2,1,3-4,6H3/t28-,30+,31+,33+,34-,36+,37-,38+,39-,40+,41-,42?,43+,44-,45-,46-,47?,48+,49-,50?,51-,53?,54?,55+,56-,57+,58+,59-,60+,61+,62+/m1/s1. The maximum absolute atomic E-state index is 14.6. The molecule has 18 heteroatoms. The van der Waals surface area contributed by atoms with Crippen molar-refractivity contribution in [1.29, 1.82) is 0 Å². The highest BCUT2D eigenvalue weighted by atomic mass is 16.8. The molecule has 14 saturated heterocycles. The van der Waals surface area contributed by atoms with Crippen LogP contribution in [0.3, 0.4) is 0 Å². The van der Waals surface area contributed by atoms with E-state index in [-0.39, 0.29) is 177 Å². The van der Waals surface area contributed by atoms with E-state index in [0.29, 0.717) is 44.4 Å². The van der Waals surface area contributed by atoms with Gasteiger partial charge in [-0.3, -0.25) is 9.59 Å². The van der Waals surface area contributed by atoms with E-state index in [0.717, 1.165) is 75.4 Å². The molecule has 1 saturated carbocycles. The zero-order valence-corrected chi connectivity index (χ0v) is 47.5. The molecule has 12 bridgehead atoms. The van der Waals surface area contributed by atoms with Gasteiger partial charge in [-0.05, 0) is 99.0 Å². The Morgan fingerprint density at radius 1 is 0.625 bits per heavy atom. The van der Waals surface area contributed by atoms with Crippen molar-refractivity contribution in [1.82, 2.24) is 0 Å². The molecule has 446 valence electrons. The predicted molar refractivity (Wildman–Crippen MR) is 282 cm³/mol. The summed E-state index contributed by atoms with van der Waals surface area (Å²) in [5.74, 6) is -1.53. The molecular weight excluding hydrogens is 1030 g/mol. The number of rotatable bonds is 7. The average molecular weight is 1120 g/mol. The van der Waals surface area contributed by atoms with Gasteiger partial charge in [-0.2, -0.15) is 0 Å². The Kier molecular flexibility index (Phi) is 15.2. The van der Waals surface area contributed by atoms with Gasteiger partial charge in [0, 0.05) is 76.2 Å². The summed E-state index contributed by atoms with van der Waals surface area (Å²) in [6.45, 7) is 17.5. The van der Waals surface area contributed by atoms with Crippen molar-refractivity contribution in [2.75, 3.05) is 6.61 Å². The Labute approximate surface area is 471 Å². The second-order valence-corrected chi connectivity index (χ2v) is 27.9. The molecule has 14 aliphatic heterocycles. The van der Waals surface area contributed by atoms with Crippen molar-refractivity contribution >= 4 is 11.8 Å². The van der Waals surface area contributed by atoms with Gasteiger partial charge >= 0.3 is 5.97 Å². The van der Waals surface area contributed by atoms with Crippen LogP contribution in [0.5, 0.6) is 0 Å². The van der Waals surface area contributed by atoms with Gasteiger partial charge in [-0.15, -0.1) is 0 Å². The SMILES string of the molecule is C=C1C[C@@H]2CC[C@@]34C[C@H]5O[C@@H]6[C@@H](C[C@H]7CC[C@H](CC(=O)O[C@H]8C(C[C@H]9O[C@@H](CC[C@@H]1O2)C[C@@H](C)C9=C)O[C@H]1C[C@H]2O[C@@]9(CC%10O[C@H](C[C@H](C)C%11O[C@H](CC(=O)CCO)[C@H](O)CC%11O)C[C@H](C)C%10O9)C[C@H]2O[C@H]1[C@@H]8C)O[C@@H]7[C@@H]6O3)[C@@H]5O4. The highest BCUT2D eigenvalue weighted by molar-refractivity contribution is 5.79. The lowest BCUT2D eigenvalue weighted by Crippen LogP contribution is -2.61. The predicted octanol–water partition coefficient (Wildman–Crippen LogP) is 6.03. The Morgan fingerprint density at radius 2 is 1.36 bits per heavy atom. The van der Waals surface area contributed by atoms with Crippen LogP contribution in [0, 0.1) is 35.5 Å². The molecule has 15 fully saturated rings. The molecule has 0 radical (unpaired) electrons. The van der Waals surface area contributed by atoms with Crippen LogP contribution in [0.15, 0.2) is 24.3 Å². The van der Waals surface area contributed by atoms with Gasteiger partial charge in [0.1, 0.15) is 18.0 Å². The largest absolute Gasteiger partial charge is 0.459 e. The minimum Gasteiger partial charge on any atom is -0.459 e. The normalized spacial score (nSPS) is 54.7. The summed E-state index contributed by atoms with van der Waals surface area (Å²) in [7, 11) is 0. The highest BCUT2D eigenvalue weighted by Gasteiger charge is 2.68. The molecule has 0 aromatic rings. The third-order valence-corrected chi connectivity index (χ3v) is 22.3. The van der Waals surface area contributed by atoms with Crippen molar-refractivity contribution in [2.45, 2.75) is 308 Å². The second-order valence-electron chi connectivity index (χ2n) is 27.9. The fourth-order valence-electron chi connectivity index (χ4n) is 18.3. The molecule has 1 aliphatic carbocycles. The number of ether oxygens (including phenoxy) is 13. The molecule has 0 amide bonds. The summed E-state index contributed by atoms with van der Waals surface area (Å²) in [5.41, 5.74) is 2.17. The van der Waals surface area contributed by atoms with Gasteiger partial charge in [0.15, 0.2) is 11.6 Å². The number of carbonyl (C=O) groups is 2. The van der Waals surface area contributed by atoms with E-state index in [4.69, 9.17) is 61.6 Å². The van der Waals surface area contributed by atoms with Crippen LogP contribution in [0.4, 0.5) is 0 Å². The van der Waals surface area contributed by atoms with E-state index in [9.17, 15) is 24.9 Å². The van der Waals surface area contributed by atoms with E-state index in [1.54, 1.807) is 0 Å². The Bertz CT molecular complexity index is 2340. The van der Waals surface area contributed by atoms with Crippen LogP contribution >= 0.6 is 0 Å². The highest BCUT2D eigenvalue weighted by Crippen LogP contribution is 2.59. The van der Waals surface area contributed by atoms with Crippen molar-refractivity contribution in [3.05, 3.63) is 24.3 Å². The summed E-state index contributed by atoms with van der Waals surface area (Å²) in [6, 6.07) is 0. The topological polar surface area (TPSA) is 215 Å². The molecule has 2 spiro atoms. The average Bonchev–Trinajstić information content (AvgIpc) is 3.85. The van der Waals surface area contributed by atoms with E-state index < -0.39 is 48.2 Å². The smallest absolute Gasteiger partial charge is 0.308 e. The van der Waals surface area contributed by atoms with E-state index in [1.165, 1.54) is 0 Å². The third kappa shape index (κ3) is 10.3. The maximum atomic E-state index is 14.6. The molecule has 31 atom stereocenters. The first-order valence-corrected chi connectivity index (χ1v) is 31.5. The first-order chi connectivity index (χ1) is 38.5. The summed E-state index contributed by atoms with van der Waals surface area (Å²) in [4.78, 5) is 27.0. The molecule has 18 nitrogen and oxygen atoms in total. The Balaban J connectivity index is 0.669. The van der Waals surface area contributed by atoms with Gasteiger partial charge in [-0.25, -0.2) is 0 Å². The Hall–Kier alpha value is -1.98. The number of fused-ring (bicyclic) bond motifs is 9. The molecule has 0 aromatic heterocycles. The minimum absolute atomic E-state index is 0.00570. The van der Waals surface area contributed by atoms with Crippen LogP contribution in [-0.4, -0.2) is 186 Å². The van der Waals surface area contributed by atoms with Gasteiger partial charge in [0.2, 0.25) is 0 Å². The van der Waals surface area contributed by atoms with Crippen LogP contribution in [0.1, 0.15) is 156 Å². The number of hydrogen-bond acceptors (Lipinski definition) is 18. The molecule has 15 aliphatic rings. The van der Waals surface area contributed by atoms with Gasteiger partial charge in [-0.1, -0.05) is 40.9 Å². The zero-order valence-electron chi connectivity index (χ0n) is 47.5. The molecule has 80 heavy (non-hydrogen) atoms. The lowest BCUT2D eigenvalue weighted by atomic mass is 9.70. The van der Waals surface area contributed by atoms with Crippen LogP contribution in [-0.2, 0) is 71.2 Å². The number of aliphatic hydroxyl groups excluding tert-OH is 3. The first kappa shape index (κ1) is 55.9. The molecule has 15 rings (SSSR count). The first-order valence-electron chi connectivity index (χ1n) is 31.5. The zero-order chi connectivity index (χ0) is 55.1. The maximum Gasteiger partial charge on any atom is 0.308 e. The number of carbonyl (C=O) groups excluding carboxylic acids is 2. The monoisotopic (exact) mass is 1120 g/mol. The summed E-state index contributed by atoms with van der Waals surface area (Å²) in [6.07, 6.45) is 4.81. The van der Waals surface area contributed by atoms with Crippen LogP contribution < -0.4 is 0 Å². The molecule has 14 heterocycles. The van der Waals surface area contributed by atoms with Crippen molar-refractivity contribution in [3.8, 4) is 0 Å². The minimum atomic E-state index is -0.961. The lowest BCUT2D eigenvalue weighted by molar-refractivity contribution is -0.283. The summed E-state index contributed by atoms with van der Waals surface area (Å²) >= 11 is 0. The fourth-order valence-corrected chi connectivity index (χ4v) is 18.3. The lowest BCUT2D eigenvalue weighted by Gasteiger charge is -2.50. The van der Waals surface area contributed by atoms with E-state index >= 15 is 0 Å². The van der Waals surface area contributed by atoms with Gasteiger partial charge in [0.05, 0.1) is 135 Å². The number of aliphatic hydroxyl groups is 3. The van der Waals surface area contributed by atoms with Crippen molar-refractivity contribution in [3.63, 3.8) is 0 Å². The summed E-state index contributed by atoms with van der Waals surface area (Å²) < 4.78 is 89.9. The van der Waals surface area contributed by atoms with Crippen molar-refractivity contribution in [2.24, 2.45) is 35.5 Å². The number of Topliss-reactive ketones (excluding diaryl/α,β-unsaturated/α-hetero) is 1. The molecule has 3 N–H and O–H groups in total. The number of esters is 1. The molecule has 0 aromatic carbocycles. The van der Waals surface area contributed by atoms with Crippen molar-refractivity contribution < 1.29 is 86.5 Å². The van der Waals surface area contributed by atoms with E-state index in [1.807, 2.05) is 6.92 Å². The number of ketones is 1. The fraction of sp³-hybridized carbons (Fsp3) is 0.903. The molecule has 5 unspecified atom stereocenters.